The molecule has 0 saturated carbocycles. The van der Waals surface area contributed by atoms with Gasteiger partial charge in [-0.05, 0) is 17.8 Å². The standard InChI is InChI=1S/C10H13F3N4O2S.K.H/c1-2-3-4-16-5-6-17(19,9(16)18)8-15-14-7(20-8)10(11,12)13;;/h2-6H2,1H3;;. The minimum atomic E-state index is -4.65. The summed E-state index contributed by atoms with van der Waals surface area (Å²) in [4.78, 5) is 13.4. The fourth-order valence-electron chi connectivity index (χ4n) is 1.89. The first-order valence-corrected chi connectivity index (χ1v) is 6.90. The van der Waals surface area contributed by atoms with Gasteiger partial charge in [0, 0.05) is 6.54 Å². The number of carbonyl (C=O) groups is 1. The molecule has 0 bridgehead atoms. The Labute approximate surface area is 165 Å². The van der Waals surface area contributed by atoms with Crippen LogP contribution in [0.3, 0.4) is 0 Å². The van der Waals surface area contributed by atoms with Crippen LogP contribution < -0.4 is 4.65 Å². The van der Waals surface area contributed by atoms with Gasteiger partial charge in [0.1, 0.15) is 6.54 Å². The summed E-state index contributed by atoms with van der Waals surface area (Å²) >= 11 is 0.131. The van der Waals surface area contributed by atoms with Crippen LogP contribution in [0.4, 0.5) is 23.1 Å². The second-order valence-electron chi connectivity index (χ2n) is 4.47. The quantitative estimate of drug-likeness (QED) is 0.473. The fraction of sp³-hybridized carbons (Fsp3) is 0.700. The van der Waals surface area contributed by atoms with Gasteiger partial charge in [-0.15, -0.1) is 5.10 Å². The Kier molecular flexibility index (Phi) is 6.75. The van der Waals surface area contributed by atoms with E-state index in [0.29, 0.717) is 6.54 Å². The normalized spacial score (nSPS) is 22.5. The molecule has 11 heteroatoms. The maximum absolute atomic E-state index is 12.5. The zero-order valence-corrected chi connectivity index (χ0v) is 11.5. The van der Waals surface area contributed by atoms with Gasteiger partial charge in [0.15, 0.2) is 0 Å². The summed E-state index contributed by atoms with van der Waals surface area (Å²) in [6, 6.07) is -0.761. The number of halogens is 3. The van der Waals surface area contributed by atoms with Gasteiger partial charge in [0.05, 0.1) is 6.54 Å². The fourth-order valence-corrected chi connectivity index (χ4v) is 2.66. The predicted octanol–water partition coefficient (Wildman–Crippen LogP) is 1.95. The van der Waals surface area contributed by atoms with Crippen molar-refractivity contribution in [1.82, 2.24) is 19.7 Å². The first kappa shape index (κ1) is 19.4. The Morgan fingerprint density at radius 1 is 1.43 bits per heavy atom. The molecule has 6 nitrogen and oxygen atoms in total. The van der Waals surface area contributed by atoms with Gasteiger partial charge in [-0.3, -0.25) is 4.90 Å². The Morgan fingerprint density at radius 2 is 2.10 bits per heavy atom. The number of aromatic nitrogens is 2. The molecule has 1 fully saturated rings. The predicted molar refractivity (Wildman–Crippen MR) is 74.0 cm³/mol. The number of rotatable bonds is 4. The average Bonchev–Trinajstić information content (AvgIpc) is 2.96. The van der Waals surface area contributed by atoms with E-state index in [1.54, 1.807) is 0 Å². The van der Waals surface area contributed by atoms with Crippen LogP contribution in [0.2, 0.25) is 0 Å². The van der Waals surface area contributed by atoms with E-state index in [2.05, 4.69) is 10.2 Å². The maximum atomic E-state index is 12.5. The van der Waals surface area contributed by atoms with Crippen molar-refractivity contribution >= 4 is 73.9 Å². The summed E-state index contributed by atoms with van der Waals surface area (Å²) < 4.78 is 35.9. The van der Waals surface area contributed by atoms with Gasteiger partial charge < -0.3 is 5.21 Å². The molecular weight excluding hydrogens is 336 g/mol. The monoisotopic (exact) mass is 350 g/mol. The van der Waals surface area contributed by atoms with E-state index >= 15 is 0 Å². The number of carbonyl (C=O) groups excluding carboxylic acids is 1. The van der Waals surface area contributed by atoms with Crippen LogP contribution in [0.5, 0.6) is 0 Å². The molecule has 1 saturated heterocycles. The average molecular weight is 350 g/mol. The number of alkyl halides is 3. The van der Waals surface area contributed by atoms with Gasteiger partial charge >= 0.3 is 68.7 Å². The number of amides is 2. The van der Waals surface area contributed by atoms with Crippen molar-refractivity contribution in [3.8, 4) is 0 Å². The van der Waals surface area contributed by atoms with Gasteiger partial charge in [-0.25, -0.2) is 9.44 Å². The molecule has 0 aromatic carbocycles. The summed E-state index contributed by atoms with van der Waals surface area (Å²) in [7, 11) is 0. The summed E-state index contributed by atoms with van der Waals surface area (Å²) in [5.74, 6) is 0. The van der Waals surface area contributed by atoms with E-state index in [1.807, 2.05) is 6.92 Å². The van der Waals surface area contributed by atoms with Crippen LogP contribution >= 0.6 is 11.3 Å². The van der Waals surface area contributed by atoms with Crippen LogP contribution in [-0.2, 0) is 6.18 Å². The van der Waals surface area contributed by atoms with Gasteiger partial charge in [-0.2, -0.15) is 13.2 Å². The first-order valence-electron chi connectivity index (χ1n) is 6.09. The number of nitrogens with zero attached hydrogens (tertiary/aromatic N) is 4. The molecule has 21 heavy (non-hydrogen) atoms. The Bertz CT molecular complexity index is 513. The van der Waals surface area contributed by atoms with Crippen molar-refractivity contribution in [2.24, 2.45) is 0 Å². The van der Waals surface area contributed by atoms with E-state index in [4.69, 9.17) is 0 Å². The van der Waals surface area contributed by atoms with Gasteiger partial charge in [0.25, 0.3) is 0 Å². The zero-order valence-electron chi connectivity index (χ0n) is 10.7. The number of urea groups is 1. The van der Waals surface area contributed by atoms with E-state index in [0.717, 1.165) is 12.8 Å². The first-order chi connectivity index (χ1) is 9.29. The Balaban J connectivity index is 0.00000220. The molecule has 1 unspecified atom stereocenters. The van der Waals surface area contributed by atoms with E-state index in [-0.39, 0.29) is 75.8 Å². The molecule has 1 aromatic rings. The molecule has 0 aliphatic carbocycles. The Hall–Kier alpha value is 0.376. The van der Waals surface area contributed by atoms with Crippen molar-refractivity contribution < 1.29 is 18.0 Å². The molecule has 2 amide bonds. The molecule has 1 aromatic heterocycles. The van der Waals surface area contributed by atoms with Crippen molar-refractivity contribution in [1.29, 1.82) is 0 Å². The van der Waals surface area contributed by atoms with Crippen molar-refractivity contribution in [3.63, 3.8) is 0 Å². The van der Waals surface area contributed by atoms with Crippen molar-refractivity contribution in [2.45, 2.75) is 25.9 Å². The van der Waals surface area contributed by atoms with Crippen LogP contribution in [0.25, 0.3) is 0 Å². The molecule has 2 heterocycles. The van der Waals surface area contributed by atoms with E-state index in [1.165, 1.54) is 4.90 Å². The van der Waals surface area contributed by atoms with Crippen LogP contribution in [0.15, 0.2) is 0 Å². The molecule has 2 rings (SSSR count). The molecule has 1 aliphatic rings. The summed E-state index contributed by atoms with van der Waals surface area (Å²) in [6.45, 7) is 2.47. The van der Waals surface area contributed by atoms with E-state index < -0.39 is 27.0 Å². The summed E-state index contributed by atoms with van der Waals surface area (Å²) in [5, 5.41) is 17.0. The number of quaternary nitrogens is 1. The van der Waals surface area contributed by atoms with Crippen molar-refractivity contribution in [3.05, 3.63) is 10.2 Å². The topological polar surface area (TPSA) is 69.2 Å². The second kappa shape index (κ2) is 7.30. The molecule has 1 aliphatic heterocycles. The van der Waals surface area contributed by atoms with Gasteiger partial charge in [-0.1, -0.05) is 18.4 Å². The summed E-state index contributed by atoms with van der Waals surface area (Å²) in [6.07, 6.45) is -3.05. The molecule has 114 valence electrons. The number of hydroxylamine groups is 2. The number of unbranched alkanes of at least 4 members (excludes halogenated alkanes) is 1. The Morgan fingerprint density at radius 3 is 2.62 bits per heavy atom. The molecule has 0 radical (unpaired) electrons. The third-order valence-electron chi connectivity index (χ3n) is 3.01. The minimum absolute atomic E-state index is 0. The second-order valence-corrected chi connectivity index (χ2v) is 5.43. The van der Waals surface area contributed by atoms with Crippen LogP contribution in [0, 0.1) is 5.21 Å². The van der Waals surface area contributed by atoms with Crippen LogP contribution in [-0.4, -0.2) is 92.1 Å². The SMILES string of the molecule is CCCCN1CC[N+]([O-])(c2nnc(C(F)(F)F)s2)C1=O.[KH]. The zero-order chi connectivity index (χ0) is 15.0. The molecule has 0 N–H and O–H groups in total. The van der Waals surface area contributed by atoms with Crippen LogP contribution in [0.1, 0.15) is 24.8 Å². The molecule has 1 atom stereocenters. The van der Waals surface area contributed by atoms with Gasteiger partial charge in [0.2, 0.25) is 5.01 Å². The van der Waals surface area contributed by atoms with E-state index in [9.17, 15) is 23.2 Å². The number of hydrogen-bond donors (Lipinski definition) is 0. The summed E-state index contributed by atoms with van der Waals surface area (Å²) in [5.41, 5.74) is 0. The molecule has 0 spiro atoms. The number of hydrogen-bond acceptors (Lipinski definition) is 5. The molecular formula is C10H14F3KN4O2S. The third-order valence-corrected chi connectivity index (χ3v) is 4.08. The third kappa shape index (κ3) is 4.02. The van der Waals surface area contributed by atoms with Crippen molar-refractivity contribution in [2.75, 3.05) is 19.6 Å².